The monoisotopic (exact) mass is 293 g/mol. The molecule has 2 heteroatoms. The van der Waals surface area contributed by atoms with Gasteiger partial charge in [-0.3, -0.25) is 4.79 Å². The molecule has 0 aromatic heterocycles. The van der Waals surface area contributed by atoms with Crippen molar-refractivity contribution in [2.24, 2.45) is 0 Å². The standard InChI is InChI=1S/C20H23NO/c1-3-21(4-2)16-15-19(22)20(17-11-7-5-8-12-17)18-13-9-6-10-14-18/h5-16,20H,3-4H2,1-2H3. The molecule has 0 aliphatic heterocycles. The number of nitrogens with zero attached hydrogens (tertiary/aromatic N) is 1. The van der Waals surface area contributed by atoms with E-state index in [0.717, 1.165) is 24.2 Å². The Balaban J connectivity index is 2.31. The van der Waals surface area contributed by atoms with Crippen LogP contribution in [-0.4, -0.2) is 23.8 Å². The van der Waals surface area contributed by atoms with Crippen LogP contribution in [0.2, 0.25) is 0 Å². The molecule has 0 amide bonds. The minimum absolute atomic E-state index is 0.115. The average Bonchev–Trinajstić information content (AvgIpc) is 2.58. The molecule has 0 aliphatic carbocycles. The first-order valence-electron chi connectivity index (χ1n) is 7.82. The Morgan fingerprint density at radius 1 is 0.909 bits per heavy atom. The number of hydrogen-bond acceptors (Lipinski definition) is 2. The Hall–Kier alpha value is -2.35. The van der Waals surface area contributed by atoms with E-state index in [9.17, 15) is 4.79 Å². The second-order valence-corrected chi connectivity index (χ2v) is 5.19. The predicted molar refractivity (Wildman–Crippen MR) is 91.8 cm³/mol. The number of rotatable bonds is 7. The van der Waals surface area contributed by atoms with Crippen molar-refractivity contribution >= 4 is 5.78 Å². The number of carbonyl (C=O) groups is 1. The summed E-state index contributed by atoms with van der Waals surface area (Å²) in [4.78, 5) is 14.9. The van der Waals surface area contributed by atoms with Crippen LogP contribution in [0.4, 0.5) is 0 Å². The summed E-state index contributed by atoms with van der Waals surface area (Å²) in [5, 5.41) is 0. The summed E-state index contributed by atoms with van der Waals surface area (Å²) in [7, 11) is 0. The molecule has 0 unspecified atom stereocenters. The van der Waals surface area contributed by atoms with E-state index in [1.165, 1.54) is 0 Å². The third kappa shape index (κ3) is 4.08. The van der Waals surface area contributed by atoms with Crippen molar-refractivity contribution in [1.82, 2.24) is 4.90 Å². The topological polar surface area (TPSA) is 20.3 Å². The Labute approximate surface area is 133 Å². The minimum Gasteiger partial charge on any atom is -0.378 e. The summed E-state index contributed by atoms with van der Waals surface area (Å²) >= 11 is 0. The molecular formula is C20H23NO. The van der Waals surface area contributed by atoms with E-state index >= 15 is 0 Å². The van der Waals surface area contributed by atoms with E-state index in [0.29, 0.717) is 0 Å². The van der Waals surface area contributed by atoms with Crippen molar-refractivity contribution in [2.45, 2.75) is 19.8 Å². The molecule has 0 radical (unpaired) electrons. The number of allylic oxidation sites excluding steroid dienone is 1. The zero-order valence-electron chi connectivity index (χ0n) is 13.3. The lowest BCUT2D eigenvalue weighted by atomic mass is 9.87. The lowest BCUT2D eigenvalue weighted by Crippen LogP contribution is -2.17. The SMILES string of the molecule is CCN(C=CC(=O)C(c1ccccc1)c1ccccc1)CC. The molecule has 2 rings (SSSR count). The van der Waals surface area contributed by atoms with Crippen molar-refractivity contribution in [3.05, 3.63) is 84.1 Å². The summed E-state index contributed by atoms with van der Waals surface area (Å²) in [5.41, 5.74) is 2.06. The molecule has 0 atom stereocenters. The summed E-state index contributed by atoms with van der Waals surface area (Å²) in [6.07, 6.45) is 3.61. The summed E-state index contributed by atoms with van der Waals surface area (Å²) < 4.78 is 0. The number of ketones is 1. The van der Waals surface area contributed by atoms with E-state index in [1.807, 2.05) is 66.9 Å². The molecule has 2 aromatic carbocycles. The van der Waals surface area contributed by atoms with Gasteiger partial charge in [0.2, 0.25) is 0 Å². The maximum Gasteiger partial charge on any atom is 0.168 e. The van der Waals surface area contributed by atoms with Gasteiger partial charge < -0.3 is 4.90 Å². The first kappa shape index (κ1) is 16.0. The van der Waals surface area contributed by atoms with E-state index in [-0.39, 0.29) is 11.7 Å². The Morgan fingerprint density at radius 3 is 1.77 bits per heavy atom. The highest BCUT2D eigenvalue weighted by molar-refractivity contribution is 5.97. The van der Waals surface area contributed by atoms with Gasteiger partial charge in [0, 0.05) is 19.3 Å². The van der Waals surface area contributed by atoms with Crippen molar-refractivity contribution in [3.63, 3.8) is 0 Å². The fourth-order valence-corrected chi connectivity index (χ4v) is 2.52. The Bertz CT molecular complexity index is 561. The van der Waals surface area contributed by atoms with Gasteiger partial charge in [-0.05, 0) is 31.1 Å². The zero-order valence-corrected chi connectivity index (χ0v) is 13.3. The van der Waals surface area contributed by atoms with Gasteiger partial charge in [-0.15, -0.1) is 0 Å². The number of benzene rings is 2. The summed E-state index contributed by atoms with van der Waals surface area (Å²) in [6, 6.07) is 19.9. The van der Waals surface area contributed by atoms with Crippen molar-refractivity contribution < 1.29 is 4.79 Å². The first-order valence-corrected chi connectivity index (χ1v) is 7.82. The third-order valence-corrected chi connectivity index (χ3v) is 3.81. The van der Waals surface area contributed by atoms with Crippen LogP contribution in [0.1, 0.15) is 30.9 Å². The van der Waals surface area contributed by atoms with Gasteiger partial charge in [-0.25, -0.2) is 0 Å². The second kappa shape index (κ2) is 8.18. The normalized spacial score (nSPS) is 11.0. The molecule has 0 bridgehead atoms. The van der Waals surface area contributed by atoms with Crippen LogP contribution in [0.3, 0.4) is 0 Å². The van der Waals surface area contributed by atoms with Gasteiger partial charge in [0.05, 0.1) is 5.92 Å². The molecule has 22 heavy (non-hydrogen) atoms. The number of hydrogen-bond donors (Lipinski definition) is 0. The summed E-state index contributed by atoms with van der Waals surface area (Å²) in [6.45, 7) is 5.98. The van der Waals surface area contributed by atoms with Crippen molar-refractivity contribution in [1.29, 1.82) is 0 Å². The van der Waals surface area contributed by atoms with Gasteiger partial charge in [0.25, 0.3) is 0 Å². The lowest BCUT2D eigenvalue weighted by Gasteiger charge is -2.17. The van der Waals surface area contributed by atoms with Crippen LogP contribution in [0, 0.1) is 0 Å². The van der Waals surface area contributed by atoms with Crippen LogP contribution < -0.4 is 0 Å². The van der Waals surface area contributed by atoms with Gasteiger partial charge in [0.1, 0.15) is 0 Å². The molecule has 0 saturated heterocycles. The van der Waals surface area contributed by atoms with Crippen LogP contribution in [-0.2, 0) is 4.79 Å². The first-order chi connectivity index (χ1) is 10.8. The molecule has 0 N–H and O–H groups in total. The zero-order chi connectivity index (χ0) is 15.8. The second-order valence-electron chi connectivity index (χ2n) is 5.19. The third-order valence-electron chi connectivity index (χ3n) is 3.81. The molecule has 2 nitrogen and oxygen atoms in total. The van der Waals surface area contributed by atoms with Crippen LogP contribution in [0.25, 0.3) is 0 Å². The van der Waals surface area contributed by atoms with Crippen LogP contribution in [0.15, 0.2) is 72.9 Å². The van der Waals surface area contributed by atoms with Crippen LogP contribution in [0.5, 0.6) is 0 Å². The molecule has 0 aliphatic rings. The maximum atomic E-state index is 12.8. The Morgan fingerprint density at radius 2 is 1.36 bits per heavy atom. The van der Waals surface area contributed by atoms with Gasteiger partial charge in [-0.2, -0.15) is 0 Å². The molecule has 0 fully saturated rings. The molecular weight excluding hydrogens is 270 g/mol. The van der Waals surface area contributed by atoms with Crippen molar-refractivity contribution in [3.8, 4) is 0 Å². The fourth-order valence-electron chi connectivity index (χ4n) is 2.52. The predicted octanol–water partition coefficient (Wildman–Crippen LogP) is 4.24. The van der Waals surface area contributed by atoms with Gasteiger partial charge in [-0.1, -0.05) is 60.7 Å². The van der Waals surface area contributed by atoms with E-state index in [4.69, 9.17) is 0 Å². The van der Waals surface area contributed by atoms with Gasteiger partial charge in [0.15, 0.2) is 5.78 Å². The summed E-state index contributed by atoms with van der Waals surface area (Å²) in [5.74, 6) is -0.126. The van der Waals surface area contributed by atoms with E-state index in [2.05, 4.69) is 18.7 Å². The molecule has 114 valence electrons. The van der Waals surface area contributed by atoms with Crippen LogP contribution >= 0.6 is 0 Å². The largest absolute Gasteiger partial charge is 0.378 e. The van der Waals surface area contributed by atoms with Gasteiger partial charge >= 0.3 is 0 Å². The highest BCUT2D eigenvalue weighted by atomic mass is 16.1. The fraction of sp³-hybridized carbons (Fsp3) is 0.250. The minimum atomic E-state index is -0.241. The average molecular weight is 293 g/mol. The van der Waals surface area contributed by atoms with Crippen molar-refractivity contribution in [2.75, 3.05) is 13.1 Å². The molecule has 2 aromatic rings. The van der Waals surface area contributed by atoms with E-state index in [1.54, 1.807) is 6.08 Å². The smallest absolute Gasteiger partial charge is 0.168 e. The number of carbonyl (C=O) groups excluding carboxylic acids is 1. The molecule has 0 saturated carbocycles. The highest BCUT2D eigenvalue weighted by Crippen LogP contribution is 2.25. The van der Waals surface area contributed by atoms with E-state index < -0.39 is 0 Å². The maximum absolute atomic E-state index is 12.8. The Kier molecular flexibility index (Phi) is 5.96. The lowest BCUT2D eigenvalue weighted by molar-refractivity contribution is -0.115. The molecule has 0 spiro atoms. The highest BCUT2D eigenvalue weighted by Gasteiger charge is 2.20. The quantitative estimate of drug-likeness (QED) is 0.712. The molecule has 0 heterocycles.